The van der Waals surface area contributed by atoms with E-state index in [4.69, 9.17) is 0 Å². The third kappa shape index (κ3) is 2.75. The summed E-state index contributed by atoms with van der Waals surface area (Å²) < 4.78 is 0. The first-order valence-corrected chi connectivity index (χ1v) is 12.9. The van der Waals surface area contributed by atoms with Gasteiger partial charge in [0.1, 0.15) is 0 Å². The Bertz CT molecular complexity index is 1150. The summed E-state index contributed by atoms with van der Waals surface area (Å²) in [7, 11) is -1.06. The van der Waals surface area contributed by atoms with Gasteiger partial charge in [-0.3, -0.25) is 0 Å². The zero-order chi connectivity index (χ0) is 20.2. The van der Waals surface area contributed by atoms with E-state index in [0.717, 1.165) is 0 Å². The molecule has 0 N–H and O–H groups in total. The third-order valence-corrected chi connectivity index (χ3v) is 10.2. The van der Waals surface area contributed by atoms with E-state index >= 15 is 0 Å². The van der Waals surface area contributed by atoms with Gasteiger partial charge in [0.25, 0.3) is 0 Å². The monoisotopic (exact) mass is 396 g/mol. The molecule has 0 spiro atoms. The van der Waals surface area contributed by atoms with Gasteiger partial charge in [-0.05, 0) is 63.3 Å². The Morgan fingerprint density at radius 2 is 1.28 bits per heavy atom. The first-order chi connectivity index (χ1) is 14.0. The van der Waals surface area contributed by atoms with Gasteiger partial charge in [-0.15, -0.1) is 0 Å². The molecule has 2 aliphatic carbocycles. The highest BCUT2D eigenvalue weighted by atomic mass is 32.3. The van der Waals surface area contributed by atoms with E-state index in [2.05, 4.69) is 111 Å². The maximum atomic E-state index is 2.56. The number of benzene rings is 3. The second-order valence-electron chi connectivity index (χ2n) is 8.66. The van der Waals surface area contributed by atoms with Crippen LogP contribution in [0.1, 0.15) is 52.8 Å². The van der Waals surface area contributed by atoms with Crippen LogP contribution < -0.4 is 0 Å². The summed E-state index contributed by atoms with van der Waals surface area (Å²) in [6.07, 6.45) is 7.62. The predicted molar refractivity (Wildman–Crippen MR) is 130 cm³/mol. The molecule has 0 aliphatic heterocycles. The van der Waals surface area contributed by atoms with Crippen molar-refractivity contribution in [2.45, 2.75) is 25.0 Å². The lowest BCUT2D eigenvalue weighted by Gasteiger charge is -2.42. The molecule has 0 heterocycles. The molecule has 2 atom stereocenters. The molecule has 5 rings (SSSR count). The van der Waals surface area contributed by atoms with E-state index in [0.29, 0.717) is 11.2 Å². The van der Waals surface area contributed by atoms with Crippen molar-refractivity contribution in [3.05, 3.63) is 118 Å². The summed E-state index contributed by atoms with van der Waals surface area (Å²) in [6.45, 7) is 4.75. The number of hydrogen-bond acceptors (Lipinski definition) is 0. The van der Waals surface area contributed by atoms with Gasteiger partial charge < -0.3 is 0 Å². The Morgan fingerprint density at radius 1 is 0.690 bits per heavy atom. The van der Waals surface area contributed by atoms with Gasteiger partial charge in [-0.2, -0.15) is 0 Å². The van der Waals surface area contributed by atoms with Gasteiger partial charge in [0, 0.05) is 11.2 Å². The van der Waals surface area contributed by atoms with E-state index in [-0.39, 0.29) is 0 Å². The van der Waals surface area contributed by atoms with Gasteiger partial charge in [0.15, 0.2) is 0 Å². The zero-order valence-electron chi connectivity index (χ0n) is 17.6. The van der Waals surface area contributed by atoms with E-state index in [1.807, 2.05) is 0 Å². The minimum atomic E-state index is -1.06. The van der Waals surface area contributed by atoms with Crippen LogP contribution in [0.3, 0.4) is 0 Å². The van der Waals surface area contributed by atoms with Gasteiger partial charge in [0.2, 0.25) is 0 Å². The average molecular weight is 397 g/mol. The molecule has 0 aromatic heterocycles. The van der Waals surface area contributed by atoms with Crippen molar-refractivity contribution in [2.24, 2.45) is 0 Å². The van der Waals surface area contributed by atoms with Crippen molar-refractivity contribution in [1.29, 1.82) is 0 Å². The highest BCUT2D eigenvalue weighted by Crippen LogP contribution is 2.70. The van der Waals surface area contributed by atoms with Crippen molar-refractivity contribution < 1.29 is 0 Å². The van der Waals surface area contributed by atoms with Crippen LogP contribution >= 0.6 is 10.0 Å². The van der Waals surface area contributed by atoms with Crippen molar-refractivity contribution in [3.8, 4) is 0 Å². The maximum absolute atomic E-state index is 2.56. The summed E-state index contributed by atoms with van der Waals surface area (Å²) >= 11 is 0. The molecule has 0 bridgehead atoms. The van der Waals surface area contributed by atoms with Crippen LogP contribution in [0.5, 0.6) is 0 Å². The quantitative estimate of drug-likeness (QED) is 0.424. The van der Waals surface area contributed by atoms with Crippen LogP contribution in [0, 0.1) is 0 Å². The molecule has 2 unspecified atom stereocenters. The van der Waals surface area contributed by atoms with Crippen molar-refractivity contribution in [3.63, 3.8) is 0 Å². The number of fused-ring (bicyclic) bond motifs is 2. The fourth-order valence-electron chi connectivity index (χ4n) is 5.48. The Morgan fingerprint density at radius 3 is 1.97 bits per heavy atom. The first-order valence-electron chi connectivity index (χ1n) is 10.4. The summed E-state index contributed by atoms with van der Waals surface area (Å²) in [6, 6.07) is 28.9. The number of rotatable bonds is 3. The molecular weight excluding hydrogens is 368 g/mol. The van der Waals surface area contributed by atoms with Crippen molar-refractivity contribution in [2.75, 3.05) is 12.5 Å². The average Bonchev–Trinajstić information content (AvgIpc) is 3.26. The Balaban J connectivity index is 1.66. The molecule has 29 heavy (non-hydrogen) atoms. The molecular formula is C28H28S. The van der Waals surface area contributed by atoms with E-state index in [9.17, 15) is 0 Å². The first kappa shape index (κ1) is 18.5. The SMILES string of the molecule is CC1=C(S(C)(C)C2C=C(c3ccccc3)c3ccccc32)C(C)c2ccccc21. The molecule has 0 radical (unpaired) electrons. The summed E-state index contributed by atoms with van der Waals surface area (Å²) in [5, 5.41) is 0.454. The van der Waals surface area contributed by atoms with E-state index in [1.54, 1.807) is 4.91 Å². The highest BCUT2D eigenvalue weighted by molar-refractivity contribution is 8.36. The van der Waals surface area contributed by atoms with Crippen LogP contribution in [0.4, 0.5) is 0 Å². The summed E-state index contributed by atoms with van der Waals surface area (Å²) in [4.78, 5) is 1.67. The molecule has 3 aromatic rings. The third-order valence-electron chi connectivity index (χ3n) is 6.76. The topological polar surface area (TPSA) is 0 Å². The predicted octanol–water partition coefficient (Wildman–Crippen LogP) is 7.79. The summed E-state index contributed by atoms with van der Waals surface area (Å²) in [5.74, 6) is 0.498. The number of hydrogen-bond donors (Lipinski definition) is 0. The second-order valence-corrected chi connectivity index (χ2v) is 12.4. The molecule has 1 heteroatoms. The summed E-state index contributed by atoms with van der Waals surface area (Å²) in [5.41, 5.74) is 10.1. The molecule has 2 aliphatic rings. The molecule has 0 amide bonds. The fraction of sp³-hybridized carbons (Fsp3) is 0.214. The molecule has 0 fully saturated rings. The highest BCUT2D eigenvalue weighted by Gasteiger charge is 2.40. The Labute approximate surface area is 176 Å². The van der Waals surface area contributed by atoms with Crippen molar-refractivity contribution in [1.82, 2.24) is 0 Å². The molecule has 0 saturated carbocycles. The van der Waals surface area contributed by atoms with Gasteiger partial charge in [-0.1, -0.05) is 91.9 Å². The van der Waals surface area contributed by atoms with Crippen LogP contribution in [0.2, 0.25) is 0 Å². The zero-order valence-corrected chi connectivity index (χ0v) is 18.5. The van der Waals surface area contributed by atoms with E-state index < -0.39 is 10.0 Å². The Hall–Kier alpha value is -2.51. The van der Waals surface area contributed by atoms with Crippen LogP contribution in [-0.4, -0.2) is 12.5 Å². The second kappa shape index (κ2) is 6.78. The van der Waals surface area contributed by atoms with Crippen molar-refractivity contribution >= 4 is 21.2 Å². The van der Waals surface area contributed by atoms with Crippen LogP contribution in [0.25, 0.3) is 11.1 Å². The fourth-order valence-corrected chi connectivity index (χ4v) is 9.01. The smallest absolute Gasteiger partial charge is 0.0367 e. The minimum absolute atomic E-state index is 0.454. The standard InChI is InChI=1S/C28H28S/c1-19-22-14-8-9-15-23(22)20(2)28(19)29(3,4)27-18-26(21-12-6-5-7-13-21)24-16-10-11-17-25(24)27/h5-19,27H,1-4H3. The van der Waals surface area contributed by atoms with E-state index in [1.165, 1.54) is 39.0 Å². The molecule has 0 saturated heterocycles. The van der Waals surface area contributed by atoms with Crippen LogP contribution in [-0.2, 0) is 0 Å². The van der Waals surface area contributed by atoms with Gasteiger partial charge >= 0.3 is 0 Å². The molecule has 146 valence electrons. The number of allylic oxidation sites excluding steroid dienone is 2. The lowest BCUT2D eigenvalue weighted by Crippen LogP contribution is -2.11. The largest absolute Gasteiger partial charge is 0.213 e. The molecule has 3 aromatic carbocycles. The maximum Gasteiger partial charge on any atom is 0.0367 e. The lowest BCUT2D eigenvalue weighted by molar-refractivity contribution is 0.967. The normalized spacial score (nSPS) is 21.0. The molecule has 0 nitrogen and oxygen atoms in total. The lowest BCUT2D eigenvalue weighted by atomic mass is 9.99. The van der Waals surface area contributed by atoms with Gasteiger partial charge in [0.05, 0.1) is 0 Å². The van der Waals surface area contributed by atoms with Crippen LogP contribution in [0.15, 0.2) is 89.8 Å². The minimum Gasteiger partial charge on any atom is -0.213 e. The van der Waals surface area contributed by atoms with Gasteiger partial charge in [-0.25, -0.2) is 10.0 Å². The Kier molecular flexibility index (Phi) is 4.33.